The lowest BCUT2D eigenvalue weighted by molar-refractivity contribution is 0.0924. The van der Waals surface area contributed by atoms with Crippen LogP contribution < -0.4 is 16.0 Å². The predicted molar refractivity (Wildman–Crippen MR) is 104 cm³/mol. The molecule has 0 radical (unpaired) electrons. The Bertz CT molecular complexity index is 527. The molecule has 8 heteroatoms. The second-order valence-electron chi connectivity index (χ2n) is 5.56. The first-order valence-electron chi connectivity index (χ1n) is 8.09. The number of halogens is 1. The van der Waals surface area contributed by atoms with Gasteiger partial charge in [0.05, 0.1) is 12.4 Å². The highest BCUT2D eigenvalue weighted by molar-refractivity contribution is 14.0. The summed E-state index contributed by atoms with van der Waals surface area (Å²) in [6.45, 7) is 4.78. The highest BCUT2D eigenvalue weighted by atomic mass is 127. The van der Waals surface area contributed by atoms with Crippen LogP contribution in [0.5, 0.6) is 0 Å². The van der Waals surface area contributed by atoms with Gasteiger partial charge in [-0.3, -0.25) is 9.79 Å². The Kier molecular flexibility index (Phi) is 9.77. The van der Waals surface area contributed by atoms with Gasteiger partial charge >= 0.3 is 0 Å². The number of carbonyl (C=O) groups is 1. The summed E-state index contributed by atoms with van der Waals surface area (Å²) in [5.41, 5.74) is 0.847. The van der Waals surface area contributed by atoms with Crippen molar-refractivity contribution in [3.63, 3.8) is 0 Å². The molecule has 136 valence electrons. The monoisotopic (exact) mass is 450 g/mol. The third-order valence-electron chi connectivity index (χ3n) is 3.74. The second kappa shape index (κ2) is 11.3. The SMILES string of the molecule is CN=C(NCCCNC(=O)c1occc1C)NCC1CCCO1.I. The average molecular weight is 450 g/mol. The zero-order valence-electron chi connectivity index (χ0n) is 14.3. The molecule has 1 aliphatic rings. The molecule has 24 heavy (non-hydrogen) atoms. The molecule has 1 fully saturated rings. The molecular weight excluding hydrogens is 423 g/mol. The Morgan fingerprint density at radius 1 is 1.33 bits per heavy atom. The minimum Gasteiger partial charge on any atom is -0.459 e. The largest absolute Gasteiger partial charge is 0.459 e. The van der Waals surface area contributed by atoms with E-state index in [1.807, 2.05) is 6.92 Å². The minimum atomic E-state index is -0.173. The number of amides is 1. The van der Waals surface area contributed by atoms with Crippen LogP contribution in [-0.2, 0) is 4.74 Å². The van der Waals surface area contributed by atoms with Gasteiger partial charge in [-0.05, 0) is 32.3 Å². The molecule has 1 unspecified atom stereocenters. The molecule has 0 aromatic carbocycles. The van der Waals surface area contributed by atoms with Crippen molar-refractivity contribution < 1.29 is 13.9 Å². The van der Waals surface area contributed by atoms with Crippen LogP contribution in [0.3, 0.4) is 0 Å². The average Bonchev–Trinajstić information content (AvgIpc) is 3.21. The van der Waals surface area contributed by atoms with Crippen molar-refractivity contribution in [3.05, 3.63) is 23.7 Å². The number of nitrogens with one attached hydrogen (secondary N) is 3. The second-order valence-corrected chi connectivity index (χ2v) is 5.56. The van der Waals surface area contributed by atoms with E-state index in [1.54, 1.807) is 13.1 Å². The van der Waals surface area contributed by atoms with Crippen molar-refractivity contribution in [1.82, 2.24) is 16.0 Å². The number of furan rings is 1. The summed E-state index contributed by atoms with van der Waals surface area (Å²) in [6.07, 6.45) is 4.83. The zero-order chi connectivity index (χ0) is 16.5. The number of aliphatic imine (C=N–C) groups is 1. The standard InChI is InChI=1S/C16H26N4O3.HI/c1-12-6-10-23-14(12)15(21)18-7-4-8-19-16(17-2)20-11-13-5-3-9-22-13;/h6,10,13H,3-5,7-9,11H2,1-2H3,(H,18,21)(H2,17,19,20);1H. The first-order chi connectivity index (χ1) is 11.2. The molecule has 1 atom stereocenters. The maximum Gasteiger partial charge on any atom is 0.287 e. The lowest BCUT2D eigenvalue weighted by atomic mass is 10.2. The predicted octanol–water partition coefficient (Wildman–Crippen LogP) is 1.67. The molecule has 2 rings (SSSR count). The van der Waals surface area contributed by atoms with Crippen molar-refractivity contribution >= 4 is 35.8 Å². The van der Waals surface area contributed by atoms with E-state index >= 15 is 0 Å². The van der Waals surface area contributed by atoms with Crippen LogP contribution in [0.25, 0.3) is 0 Å². The number of carbonyl (C=O) groups excluding carboxylic acids is 1. The molecule has 0 bridgehead atoms. The Hall–Kier alpha value is -1.29. The van der Waals surface area contributed by atoms with Crippen LogP contribution in [-0.4, -0.2) is 51.3 Å². The maximum absolute atomic E-state index is 11.9. The summed E-state index contributed by atoms with van der Waals surface area (Å²) in [5, 5.41) is 9.32. The van der Waals surface area contributed by atoms with Gasteiger partial charge in [0.2, 0.25) is 0 Å². The quantitative estimate of drug-likeness (QED) is 0.255. The first kappa shape index (κ1) is 20.8. The fraction of sp³-hybridized carbons (Fsp3) is 0.625. The molecule has 3 N–H and O–H groups in total. The lowest BCUT2D eigenvalue weighted by Gasteiger charge is -2.15. The van der Waals surface area contributed by atoms with Gasteiger partial charge in [-0.1, -0.05) is 0 Å². The van der Waals surface area contributed by atoms with Gasteiger partial charge in [0, 0.05) is 38.9 Å². The van der Waals surface area contributed by atoms with Gasteiger partial charge in [-0.2, -0.15) is 0 Å². The molecule has 0 saturated carbocycles. The van der Waals surface area contributed by atoms with Crippen LogP contribution in [0.15, 0.2) is 21.7 Å². The van der Waals surface area contributed by atoms with Crippen LogP contribution in [0, 0.1) is 6.92 Å². The summed E-state index contributed by atoms with van der Waals surface area (Å²) in [4.78, 5) is 16.0. The summed E-state index contributed by atoms with van der Waals surface area (Å²) in [7, 11) is 1.74. The fourth-order valence-electron chi connectivity index (χ4n) is 2.42. The number of hydrogen-bond donors (Lipinski definition) is 3. The van der Waals surface area contributed by atoms with E-state index in [0.29, 0.717) is 12.3 Å². The van der Waals surface area contributed by atoms with E-state index in [9.17, 15) is 4.79 Å². The van der Waals surface area contributed by atoms with E-state index in [1.165, 1.54) is 6.26 Å². The number of ether oxygens (including phenoxy) is 1. The molecule has 1 aromatic rings. The zero-order valence-corrected chi connectivity index (χ0v) is 16.6. The van der Waals surface area contributed by atoms with Crippen molar-refractivity contribution in [3.8, 4) is 0 Å². The number of guanidine groups is 1. The molecule has 7 nitrogen and oxygen atoms in total. The molecular formula is C16H27IN4O3. The Labute approximate surface area is 160 Å². The van der Waals surface area contributed by atoms with Crippen molar-refractivity contribution in [2.45, 2.75) is 32.3 Å². The molecule has 0 spiro atoms. The molecule has 1 aromatic heterocycles. The van der Waals surface area contributed by atoms with Crippen LogP contribution in [0.2, 0.25) is 0 Å². The lowest BCUT2D eigenvalue weighted by Crippen LogP contribution is -2.42. The normalized spacial score (nSPS) is 17.2. The number of aryl methyl sites for hydroxylation is 1. The smallest absolute Gasteiger partial charge is 0.287 e. The van der Waals surface area contributed by atoms with Gasteiger partial charge in [0.1, 0.15) is 0 Å². The van der Waals surface area contributed by atoms with E-state index < -0.39 is 0 Å². The van der Waals surface area contributed by atoms with E-state index in [0.717, 1.165) is 50.5 Å². The Balaban J connectivity index is 0.00000288. The minimum absolute atomic E-state index is 0. The Morgan fingerprint density at radius 3 is 2.75 bits per heavy atom. The van der Waals surface area contributed by atoms with Crippen LogP contribution in [0.4, 0.5) is 0 Å². The van der Waals surface area contributed by atoms with Crippen molar-refractivity contribution in [1.29, 1.82) is 0 Å². The van der Waals surface area contributed by atoms with Crippen molar-refractivity contribution in [2.75, 3.05) is 33.3 Å². The van der Waals surface area contributed by atoms with Gasteiger partial charge in [-0.25, -0.2) is 0 Å². The van der Waals surface area contributed by atoms with Gasteiger partial charge < -0.3 is 25.1 Å². The van der Waals surface area contributed by atoms with Crippen molar-refractivity contribution in [2.24, 2.45) is 4.99 Å². The molecule has 1 amide bonds. The highest BCUT2D eigenvalue weighted by Gasteiger charge is 2.15. The summed E-state index contributed by atoms with van der Waals surface area (Å²) in [5.74, 6) is 0.967. The topological polar surface area (TPSA) is 87.9 Å². The number of hydrogen-bond acceptors (Lipinski definition) is 4. The molecule has 2 heterocycles. The molecule has 0 aliphatic carbocycles. The third-order valence-corrected chi connectivity index (χ3v) is 3.74. The fourth-order valence-corrected chi connectivity index (χ4v) is 2.42. The van der Waals surface area contributed by atoms with Gasteiger partial charge in [0.25, 0.3) is 5.91 Å². The van der Waals surface area contributed by atoms with Crippen LogP contribution in [0.1, 0.15) is 35.4 Å². The summed E-state index contributed by atoms with van der Waals surface area (Å²) in [6, 6.07) is 1.78. The summed E-state index contributed by atoms with van der Waals surface area (Å²) >= 11 is 0. The third kappa shape index (κ3) is 6.68. The van der Waals surface area contributed by atoms with E-state index in [4.69, 9.17) is 9.15 Å². The Morgan fingerprint density at radius 2 is 2.12 bits per heavy atom. The maximum atomic E-state index is 11.9. The summed E-state index contributed by atoms with van der Waals surface area (Å²) < 4.78 is 10.7. The van der Waals surface area contributed by atoms with Gasteiger partial charge in [-0.15, -0.1) is 24.0 Å². The first-order valence-corrected chi connectivity index (χ1v) is 8.09. The number of rotatable bonds is 7. The van der Waals surface area contributed by atoms with Gasteiger partial charge in [0.15, 0.2) is 11.7 Å². The number of nitrogens with zero attached hydrogens (tertiary/aromatic N) is 1. The molecule has 1 saturated heterocycles. The van der Waals surface area contributed by atoms with E-state index in [2.05, 4.69) is 20.9 Å². The highest BCUT2D eigenvalue weighted by Crippen LogP contribution is 2.10. The molecule has 1 aliphatic heterocycles. The van der Waals surface area contributed by atoms with Crippen LogP contribution >= 0.6 is 24.0 Å². The van der Waals surface area contributed by atoms with E-state index in [-0.39, 0.29) is 36.0 Å².